The standard InChI is InChI=1S/C45H38N6O.Pt/c1-45(2,3)28-20-21-46-38(24-28)51-37-26-31(52-30-13-11-12-29(25-30)50-23-22-47(4)27-50)18-19-34(37)40-39-32-14-7-9-16-35(32)48(5)42(39)41-33-15-8-10-17-36(33)49(6)43(41)44(40)51;/h7-26H,1-6H3;. The van der Waals surface area contributed by atoms with E-state index in [1.165, 1.54) is 54.6 Å². The molecule has 0 saturated carbocycles. The second kappa shape index (κ2) is 11.4. The average Bonchev–Trinajstić information content (AvgIpc) is 3.86. The summed E-state index contributed by atoms with van der Waals surface area (Å²) in [5.41, 5.74) is 9.25. The molecule has 5 aromatic carbocycles. The Labute approximate surface area is 317 Å². The number of aryl methyl sites for hydroxylation is 3. The van der Waals surface area contributed by atoms with Gasteiger partial charge in [-0.2, -0.15) is 0 Å². The number of hydrogen-bond acceptors (Lipinski definition) is 2. The van der Waals surface area contributed by atoms with Crippen LogP contribution in [0.15, 0.2) is 122 Å². The number of nitrogens with zero attached hydrogens (tertiary/aromatic N) is 6. The molecule has 0 spiro atoms. The third-order valence-corrected chi connectivity index (χ3v) is 12.3. The molecule has 0 aliphatic heterocycles. The third kappa shape index (κ3) is 4.63. The van der Waals surface area contributed by atoms with Gasteiger partial charge in [0.25, 0.3) is 0 Å². The number of rotatable bonds is 4. The van der Waals surface area contributed by atoms with Crippen LogP contribution in [0.2, 0.25) is 0 Å². The fourth-order valence-corrected chi connectivity index (χ4v) is 9.00. The number of pyridine rings is 1. The van der Waals surface area contributed by atoms with Gasteiger partial charge in [0.2, 0.25) is 0 Å². The average molecular weight is 874 g/mol. The summed E-state index contributed by atoms with van der Waals surface area (Å²) >= 11 is 2.35. The number of imidazole rings is 1. The quantitative estimate of drug-likeness (QED) is 0.177. The van der Waals surface area contributed by atoms with E-state index in [1.54, 1.807) is 0 Å². The molecule has 0 aliphatic carbocycles. The molecule has 10 rings (SSSR count). The van der Waals surface area contributed by atoms with Gasteiger partial charge in [-0.25, -0.2) is 0 Å². The summed E-state index contributed by atoms with van der Waals surface area (Å²) < 4.78 is 19.2. The Morgan fingerprint density at radius 2 is 1.26 bits per heavy atom. The van der Waals surface area contributed by atoms with Gasteiger partial charge in [0.05, 0.1) is 5.52 Å². The van der Waals surface area contributed by atoms with Gasteiger partial charge in [-0.1, -0.05) is 57.2 Å². The molecule has 53 heavy (non-hydrogen) atoms. The molecule has 264 valence electrons. The molecule has 0 unspecified atom stereocenters. The van der Waals surface area contributed by atoms with E-state index in [0.717, 1.165) is 43.2 Å². The molecule has 0 aliphatic rings. The van der Waals surface area contributed by atoms with Crippen molar-refractivity contribution < 1.29 is 24.1 Å². The van der Waals surface area contributed by atoms with Crippen molar-refractivity contribution in [3.05, 3.63) is 131 Å². The molecule has 0 radical (unpaired) electrons. The molecule has 0 bridgehead atoms. The summed E-state index contributed by atoms with van der Waals surface area (Å²) in [7, 11) is 6.46. The SMILES string of the molecule is Cn1ccn(-c2cccc(Oc3ccc4c5c6c7ccccc7n(C)c6c6c7ccccc7n(C)c6c5n(-c5cc(C(C)(C)C)ccn5)c4c3)c2)[c]1=[Pt]. The van der Waals surface area contributed by atoms with Crippen LogP contribution in [-0.4, -0.2) is 27.8 Å². The fraction of sp³-hybridized carbons (Fsp3) is 0.156. The van der Waals surface area contributed by atoms with Crippen LogP contribution in [0.1, 0.15) is 26.3 Å². The number of benzene rings is 5. The van der Waals surface area contributed by atoms with Gasteiger partial charge in [-0.15, -0.1) is 0 Å². The van der Waals surface area contributed by atoms with Crippen LogP contribution in [0.3, 0.4) is 0 Å². The molecule has 0 amide bonds. The van der Waals surface area contributed by atoms with Crippen LogP contribution < -0.4 is 4.74 Å². The predicted molar refractivity (Wildman–Crippen MR) is 213 cm³/mol. The summed E-state index contributed by atoms with van der Waals surface area (Å²) in [5.74, 6) is 2.43. The molecule has 10 aromatic rings. The topological polar surface area (TPSA) is 46.8 Å². The van der Waals surface area contributed by atoms with E-state index in [4.69, 9.17) is 9.72 Å². The maximum atomic E-state index is 6.72. The number of hydrogen-bond donors (Lipinski definition) is 0. The minimum absolute atomic E-state index is 0.0533. The zero-order valence-corrected chi connectivity index (χ0v) is 32.7. The van der Waals surface area contributed by atoms with Gasteiger partial charge in [-0.05, 0) is 29.2 Å². The van der Waals surface area contributed by atoms with E-state index in [-0.39, 0.29) is 5.41 Å². The van der Waals surface area contributed by atoms with Gasteiger partial charge >= 0.3 is 170 Å². The van der Waals surface area contributed by atoms with Gasteiger partial charge in [0, 0.05) is 47.5 Å². The van der Waals surface area contributed by atoms with Crippen LogP contribution >= 0.6 is 0 Å². The van der Waals surface area contributed by atoms with Crippen LogP contribution in [0.25, 0.3) is 76.9 Å². The van der Waals surface area contributed by atoms with Crippen LogP contribution in [0, 0.1) is 3.80 Å². The van der Waals surface area contributed by atoms with Gasteiger partial charge in [0.1, 0.15) is 0 Å². The van der Waals surface area contributed by atoms with Gasteiger partial charge in [0.15, 0.2) is 0 Å². The first-order chi connectivity index (χ1) is 25.6. The summed E-state index contributed by atoms with van der Waals surface area (Å²) in [6, 6.07) is 36.8. The Kier molecular flexibility index (Phi) is 6.90. The molecule has 7 nitrogen and oxygen atoms in total. The zero-order valence-electron chi connectivity index (χ0n) is 30.5. The van der Waals surface area contributed by atoms with Crippen LogP contribution in [0.5, 0.6) is 11.5 Å². The molecular weight excluding hydrogens is 836 g/mol. The van der Waals surface area contributed by atoms with E-state index in [9.17, 15) is 0 Å². The van der Waals surface area contributed by atoms with E-state index in [0.29, 0.717) is 0 Å². The van der Waals surface area contributed by atoms with Crippen molar-refractivity contribution in [1.82, 2.24) is 27.8 Å². The maximum absolute atomic E-state index is 6.72. The van der Waals surface area contributed by atoms with E-state index in [2.05, 4.69) is 187 Å². The van der Waals surface area contributed by atoms with Crippen molar-refractivity contribution in [3.63, 3.8) is 0 Å². The fourth-order valence-electron chi connectivity index (χ4n) is 8.37. The molecule has 8 heteroatoms. The molecule has 0 atom stereocenters. The second-order valence-electron chi connectivity index (χ2n) is 15.1. The summed E-state index contributed by atoms with van der Waals surface area (Å²) in [6.45, 7) is 6.78. The monoisotopic (exact) mass is 873 g/mol. The number of fused-ring (bicyclic) bond motifs is 12. The summed E-state index contributed by atoms with van der Waals surface area (Å²) in [6.07, 6.45) is 6.09. The van der Waals surface area contributed by atoms with E-state index >= 15 is 0 Å². The van der Waals surface area contributed by atoms with Gasteiger partial charge in [-0.3, -0.25) is 0 Å². The van der Waals surface area contributed by atoms with Gasteiger partial charge < -0.3 is 9.13 Å². The Morgan fingerprint density at radius 3 is 1.98 bits per heavy atom. The van der Waals surface area contributed by atoms with Crippen molar-refractivity contribution in [1.29, 1.82) is 0 Å². The predicted octanol–water partition coefficient (Wildman–Crippen LogP) is 10.8. The first-order valence-corrected chi connectivity index (χ1v) is 19.0. The van der Waals surface area contributed by atoms with Crippen LogP contribution in [0.4, 0.5) is 0 Å². The minimum atomic E-state index is -0.0533. The molecule has 0 fully saturated rings. The zero-order chi connectivity index (χ0) is 36.3. The Morgan fingerprint density at radius 1 is 0.604 bits per heavy atom. The Balaban J connectivity index is 1.34. The van der Waals surface area contributed by atoms with Crippen molar-refractivity contribution in [3.8, 4) is 23.0 Å². The third-order valence-electron chi connectivity index (χ3n) is 10.9. The Bertz CT molecular complexity index is 3200. The van der Waals surface area contributed by atoms with Crippen molar-refractivity contribution in [2.24, 2.45) is 21.1 Å². The van der Waals surface area contributed by atoms with E-state index in [1.807, 2.05) is 18.3 Å². The van der Waals surface area contributed by atoms with Crippen LogP contribution in [-0.2, 0) is 45.9 Å². The molecule has 5 heterocycles. The first kappa shape index (κ1) is 32.0. The van der Waals surface area contributed by atoms with E-state index < -0.39 is 0 Å². The normalized spacial score (nSPS) is 12.5. The Hall–Kier alpha value is -5.65. The number of para-hydroxylation sites is 2. The molecule has 0 N–H and O–H groups in total. The first-order valence-electron chi connectivity index (χ1n) is 17.9. The number of aromatic nitrogens is 6. The molecule has 5 aromatic heterocycles. The number of ether oxygens (including phenoxy) is 1. The summed E-state index contributed by atoms with van der Waals surface area (Å²) in [4.78, 5) is 5.10. The van der Waals surface area contributed by atoms with Crippen molar-refractivity contribution in [2.75, 3.05) is 0 Å². The second-order valence-corrected chi connectivity index (χ2v) is 16.1. The summed E-state index contributed by atoms with van der Waals surface area (Å²) in [5, 5.41) is 7.37. The molecule has 0 saturated heterocycles. The van der Waals surface area contributed by atoms with Crippen molar-refractivity contribution in [2.45, 2.75) is 26.2 Å². The van der Waals surface area contributed by atoms with Crippen molar-refractivity contribution >= 4 is 65.4 Å². The molecular formula is C45H38N6OPt.